The summed E-state index contributed by atoms with van der Waals surface area (Å²) >= 11 is 0. The average Bonchev–Trinajstić information content (AvgIpc) is 2.43. The second-order valence-corrected chi connectivity index (χ2v) is 3.96. The van der Waals surface area contributed by atoms with Crippen molar-refractivity contribution in [2.75, 3.05) is 6.61 Å². The maximum Gasteiger partial charge on any atom is 0.455 e. The monoisotopic (exact) mass is 317 g/mol. The number of benzene rings is 1. The molecule has 0 N–H and O–H groups in total. The van der Waals surface area contributed by atoms with E-state index in [9.17, 15) is 32.9 Å². The van der Waals surface area contributed by atoms with Crippen molar-refractivity contribution < 1.29 is 32.4 Å². The number of non-ortho nitro benzene ring substituents is 1. The van der Waals surface area contributed by atoms with E-state index in [2.05, 4.69) is 4.74 Å². The van der Waals surface area contributed by atoms with E-state index >= 15 is 0 Å². The van der Waals surface area contributed by atoms with Crippen molar-refractivity contribution in [2.24, 2.45) is 0 Å². The zero-order valence-corrected chi connectivity index (χ0v) is 11.2. The quantitative estimate of drug-likeness (QED) is 0.208. The molecule has 0 fully saturated rings. The molecule has 0 aliphatic rings. The number of hydrogen-bond donors (Lipinski definition) is 0. The van der Waals surface area contributed by atoms with E-state index in [4.69, 9.17) is 0 Å². The predicted molar refractivity (Wildman–Crippen MR) is 68.8 cm³/mol. The molecule has 0 heterocycles. The highest BCUT2D eigenvalue weighted by atomic mass is 19.4. The van der Waals surface area contributed by atoms with Crippen LogP contribution < -0.4 is 0 Å². The standard InChI is InChI=1S/C13H10F3NO5/c1-2-22-12(19)10(11(18)13(14,15)16)7-8-4-3-5-9(6-8)17(20)21/h3-7H,2H2,1H3/b10-7-. The van der Waals surface area contributed by atoms with Crippen LogP contribution in [0.25, 0.3) is 6.08 Å². The van der Waals surface area contributed by atoms with Crippen LogP contribution in [0, 0.1) is 10.1 Å². The lowest BCUT2D eigenvalue weighted by Gasteiger charge is -2.09. The second kappa shape index (κ2) is 6.83. The number of Topliss-reactive ketones (excluding diaryl/α,β-unsaturated/α-hetero) is 1. The Labute approximate surface area is 122 Å². The Morgan fingerprint density at radius 3 is 2.50 bits per heavy atom. The molecule has 0 saturated heterocycles. The zero-order valence-electron chi connectivity index (χ0n) is 11.2. The Morgan fingerprint density at radius 2 is 2.00 bits per heavy atom. The molecule has 0 aliphatic heterocycles. The number of ketones is 1. The Kier molecular flexibility index (Phi) is 5.39. The molecule has 1 aromatic rings. The normalized spacial score (nSPS) is 11.9. The maximum absolute atomic E-state index is 12.5. The van der Waals surface area contributed by atoms with Crippen LogP contribution in [-0.2, 0) is 14.3 Å². The summed E-state index contributed by atoms with van der Waals surface area (Å²) in [4.78, 5) is 32.6. The number of ether oxygens (including phenoxy) is 1. The van der Waals surface area contributed by atoms with E-state index in [1.807, 2.05) is 0 Å². The number of rotatable bonds is 5. The van der Waals surface area contributed by atoms with Crippen molar-refractivity contribution >= 4 is 23.5 Å². The summed E-state index contributed by atoms with van der Waals surface area (Å²) in [6.45, 7) is 1.14. The highest BCUT2D eigenvalue weighted by molar-refractivity contribution is 6.22. The van der Waals surface area contributed by atoms with Crippen molar-refractivity contribution in [1.29, 1.82) is 0 Å². The lowest BCUT2D eigenvalue weighted by Crippen LogP contribution is -2.29. The maximum atomic E-state index is 12.5. The first-order valence-corrected chi connectivity index (χ1v) is 5.91. The van der Waals surface area contributed by atoms with Gasteiger partial charge in [-0.3, -0.25) is 14.9 Å². The fourth-order valence-corrected chi connectivity index (χ4v) is 1.47. The summed E-state index contributed by atoms with van der Waals surface area (Å²) in [5.41, 5.74) is -1.74. The first kappa shape index (κ1) is 17.3. The van der Waals surface area contributed by atoms with Crippen LogP contribution in [0.5, 0.6) is 0 Å². The van der Waals surface area contributed by atoms with Gasteiger partial charge in [-0.2, -0.15) is 13.2 Å². The lowest BCUT2D eigenvalue weighted by molar-refractivity contribution is -0.384. The Morgan fingerprint density at radius 1 is 1.36 bits per heavy atom. The van der Waals surface area contributed by atoms with Crippen molar-refractivity contribution in [3.63, 3.8) is 0 Å². The summed E-state index contributed by atoms with van der Waals surface area (Å²) in [5, 5.41) is 10.6. The molecule has 0 atom stereocenters. The van der Waals surface area contributed by atoms with Gasteiger partial charge >= 0.3 is 12.1 Å². The van der Waals surface area contributed by atoms with Gasteiger partial charge in [-0.05, 0) is 18.6 Å². The van der Waals surface area contributed by atoms with Crippen LogP contribution in [0.3, 0.4) is 0 Å². The van der Waals surface area contributed by atoms with Gasteiger partial charge in [0.1, 0.15) is 5.57 Å². The molecule has 0 saturated carbocycles. The number of hydrogen-bond acceptors (Lipinski definition) is 5. The third-order valence-electron chi connectivity index (χ3n) is 2.39. The molecule has 0 unspecified atom stereocenters. The molecule has 0 bridgehead atoms. The average molecular weight is 317 g/mol. The molecule has 0 radical (unpaired) electrons. The van der Waals surface area contributed by atoms with Gasteiger partial charge in [-0.15, -0.1) is 0 Å². The van der Waals surface area contributed by atoms with Gasteiger partial charge in [0.05, 0.1) is 11.5 Å². The third kappa shape index (κ3) is 4.40. The summed E-state index contributed by atoms with van der Waals surface area (Å²) < 4.78 is 41.9. The minimum atomic E-state index is -5.26. The van der Waals surface area contributed by atoms with Crippen LogP contribution in [0.15, 0.2) is 29.8 Å². The molecule has 22 heavy (non-hydrogen) atoms. The van der Waals surface area contributed by atoms with Gasteiger partial charge in [-0.25, -0.2) is 4.79 Å². The fourth-order valence-electron chi connectivity index (χ4n) is 1.47. The van der Waals surface area contributed by atoms with Gasteiger partial charge in [-0.1, -0.05) is 12.1 Å². The van der Waals surface area contributed by atoms with E-state index < -0.39 is 34.1 Å². The molecule has 1 rings (SSSR count). The van der Waals surface area contributed by atoms with Crippen LogP contribution in [0.1, 0.15) is 12.5 Å². The molecule has 0 spiro atoms. The van der Waals surface area contributed by atoms with Crippen molar-refractivity contribution in [1.82, 2.24) is 0 Å². The number of nitro groups is 1. The highest BCUT2D eigenvalue weighted by Gasteiger charge is 2.43. The Bertz CT molecular complexity index is 637. The number of carbonyl (C=O) groups excluding carboxylic acids is 2. The van der Waals surface area contributed by atoms with Crippen molar-refractivity contribution in [3.05, 3.63) is 45.5 Å². The van der Waals surface area contributed by atoms with Gasteiger partial charge in [0.2, 0.25) is 0 Å². The number of carbonyl (C=O) groups is 2. The van der Waals surface area contributed by atoms with E-state index in [-0.39, 0.29) is 12.2 Å². The van der Waals surface area contributed by atoms with E-state index in [1.165, 1.54) is 19.1 Å². The SMILES string of the molecule is CCOC(=O)/C(=C\c1cccc([N+](=O)[O-])c1)C(=O)C(F)(F)F. The predicted octanol–water partition coefficient (Wildman–Crippen LogP) is 2.67. The number of nitro benzene ring substituents is 1. The van der Waals surface area contributed by atoms with Gasteiger partial charge in [0, 0.05) is 12.1 Å². The smallest absolute Gasteiger partial charge is 0.455 e. The zero-order chi connectivity index (χ0) is 16.9. The number of nitrogens with zero attached hydrogens (tertiary/aromatic N) is 1. The third-order valence-corrected chi connectivity index (χ3v) is 2.39. The van der Waals surface area contributed by atoms with Gasteiger partial charge < -0.3 is 4.74 Å². The molecule has 118 valence electrons. The highest BCUT2D eigenvalue weighted by Crippen LogP contribution is 2.24. The Hall–Kier alpha value is -2.71. The van der Waals surface area contributed by atoms with Crippen molar-refractivity contribution in [3.8, 4) is 0 Å². The molecule has 0 aromatic heterocycles. The fraction of sp³-hybridized carbons (Fsp3) is 0.231. The largest absolute Gasteiger partial charge is 0.462 e. The van der Waals surface area contributed by atoms with Crippen LogP contribution in [0.2, 0.25) is 0 Å². The summed E-state index contributed by atoms with van der Waals surface area (Å²) in [5.74, 6) is -3.83. The van der Waals surface area contributed by atoms with Crippen LogP contribution in [0.4, 0.5) is 18.9 Å². The minimum Gasteiger partial charge on any atom is -0.462 e. The molecule has 6 nitrogen and oxygen atoms in total. The summed E-state index contributed by atoms with van der Waals surface area (Å²) in [7, 11) is 0. The Balaban J connectivity index is 3.32. The van der Waals surface area contributed by atoms with E-state index in [0.29, 0.717) is 6.08 Å². The number of alkyl halides is 3. The molecular weight excluding hydrogens is 307 g/mol. The number of halogens is 3. The first-order valence-electron chi connectivity index (χ1n) is 5.91. The van der Waals surface area contributed by atoms with Gasteiger partial charge in [0.15, 0.2) is 0 Å². The molecular formula is C13H10F3NO5. The van der Waals surface area contributed by atoms with Crippen molar-refractivity contribution in [2.45, 2.75) is 13.1 Å². The molecule has 0 amide bonds. The second-order valence-electron chi connectivity index (χ2n) is 3.96. The van der Waals surface area contributed by atoms with Crippen LogP contribution >= 0.6 is 0 Å². The van der Waals surface area contributed by atoms with E-state index in [1.54, 1.807) is 0 Å². The number of esters is 1. The molecule has 9 heteroatoms. The summed E-state index contributed by atoms with van der Waals surface area (Å²) in [6.07, 6.45) is -4.65. The molecule has 1 aromatic carbocycles. The molecule has 0 aliphatic carbocycles. The topological polar surface area (TPSA) is 86.5 Å². The minimum absolute atomic E-state index is 0.102. The summed E-state index contributed by atoms with van der Waals surface area (Å²) in [6, 6.07) is 4.48. The first-order chi connectivity index (χ1) is 10.2. The van der Waals surface area contributed by atoms with Crippen LogP contribution in [-0.4, -0.2) is 29.5 Å². The van der Waals surface area contributed by atoms with E-state index in [0.717, 1.165) is 12.1 Å². The van der Waals surface area contributed by atoms with Gasteiger partial charge in [0.25, 0.3) is 11.5 Å². The lowest BCUT2D eigenvalue weighted by atomic mass is 10.1.